The fraction of sp³-hybridized carbons (Fsp3) is 0.294. The van der Waals surface area contributed by atoms with E-state index < -0.39 is 0 Å². The van der Waals surface area contributed by atoms with E-state index >= 15 is 0 Å². The lowest BCUT2D eigenvalue weighted by molar-refractivity contribution is 0.271. The summed E-state index contributed by atoms with van der Waals surface area (Å²) in [6, 6.07) is 13.4. The van der Waals surface area contributed by atoms with Gasteiger partial charge in [0.25, 0.3) is 0 Å². The van der Waals surface area contributed by atoms with Gasteiger partial charge in [0.1, 0.15) is 11.5 Å². The zero-order valence-corrected chi connectivity index (χ0v) is 13.9. The summed E-state index contributed by atoms with van der Waals surface area (Å²) in [6.07, 6.45) is 0. The lowest BCUT2D eigenvalue weighted by atomic mass is 10.2. The molecule has 0 atom stereocenters. The first-order valence-electron chi connectivity index (χ1n) is 6.98. The molecule has 0 spiro atoms. The van der Waals surface area contributed by atoms with Gasteiger partial charge in [-0.2, -0.15) is 0 Å². The van der Waals surface area contributed by atoms with Crippen molar-refractivity contribution < 1.29 is 9.84 Å². The Balaban J connectivity index is 1.96. The van der Waals surface area contributed by atoms with Crippen LogP contribution >= 0.6 is 15.9 Å². The van der Waals surface area contributed by atoms with Crippen molar-refractivity contribution in [1.29, 1.82) is 0 Å². The summed E-state index contributed by atoms with van der Waals surface area (Å²) in [5.74, 6) is 1.64. The number of ether oxygens (including phenoxy) is 1. The molecule has 0 saturated carbocycles. The molecule has 0 radical (unpaired) electrons. The normalized spacial score (nSPS) is 10.7. The van der Waals surface area contributed by atoms with Crippen molar-refractivity contribution in [3.05, 3.63) is 52.5 Å². The average Bonchev–Trinajstić information content (AvgIpc) is 2.47. The highest BCUT2D eigenvalue weighted by Crippen LogP contribution is 2.25. The van der Waals surface area contributed by atoms with Crippen LogP contribution in [0.3, 0.4) is 0 Å². The van der Waals surface area contributed by atoms with Crippen molar-refractivity contribution in [3.63, 3.8) is 0 Å². The Labute approximate surface area is 134 Å². The van der Waals surface area contributed by atoms with E-state index in [1.165, 1.54) is 0 Å². The number of phenolic OH excluding ortho intramolecular Hbond substituents is 1. The van der Waals surface area contributed by atoms with Crippen LogP contribution < -0.4 is 10.1 Å². The van der Waals surface area contributed by atoms with Crippen molar-refractivity contribution in [1.82, 2.24) is 0 Å². The largest absolute Gasteiger partial charge is 0.507 e. The number of anilines is 1. The molecule has 4 heteroatoms. The van der Waals surface area contributed by atoms with Gasteiger partial charge in [0, 0.05) is 18.3 Å². The summed E-state index contributed by atoms with van der Waals surface area (Å²) in [6.45, 7) is 5.66. The molecule has 112 valence electrons. The molecule has 3 nitrogen and oxygen atoms in total. The molecule has 0 aliphatic rings. The van der Waals surface area contributed by atoms with E-state index in [4.69, 9.17) is 4.74 Å². The van der Waals surface area contributed by atoms with Crippen molar-refractivity contribution in [3.8, 4) is 11.5 Å². The molecule has 0 unspecified atom stereocenters. The summed E-state index contributed by atoms with van der Waals surface area (Å²) in [5.41, 5.74) is 2.11. The van der Waals surface area contributed by atoms with Gasteiger partial charge in [-0.05, 0) is 51.7 Å². The molecule has 0 bridgehead atoms. The third-order valence-electron chi connectivity index (χ3n) is 2.93. The highest BCUT2D eigenvalue weighted by atomic mass is 79.9. The molecule has 2 aromatic rings. The lowest BCUT2D eigenvalue weighted by Gasteiger charge is -2.11. The average molecular weight is 350 g/mol. The van der Waals surface area contributed by atoms with Crippen LogP contribution in [0.4, 0.5) is 5.69 Å². The standard InChI is InChI=1S/C17H20BrNO2/c1-12(2)11-21-15-5-3-4-14(9-15)19-10-13-6-7-17(20)16(18)8-13/h3-9,12,19-20H,10-11H2,1-2H3. The minimum Gasteiger partial charge on any atom is -0.507 e. The van der Waals surface area contributed by atoms with Gasteiger partial charge in [-0.15, -0.1) is 0 Å². The number of rotatable bonds is 6. The molecule has 0 heterocycles. The zero-order valence-electron chi connectivity index (χ0n) is 12.3. The first-order chi connectivity index (χ1) is 10.0. The number of phenols is 1. The minimum absolute atomic E-state index is 0.253. The number of hydrogen-bond donors (Lipinski definition) is 2. The summed E-state index contributed by atoms with van der Waals surface area (Å²) >= 11 is 3.32. The summed E-state index contributed by atoms with van der Waals surface area (Å²) in [5, 5.41) is 12.8. The second-order valence-corrected chi connectivity index (χ2v) is 6.23. The summed E-state index contributed by atoms with van der Waals surface area (Å²) in [7, 11) is 0. The van der Waals surface area contributed by atoms with Gasteiger partial charge >= 0.3 is 0 Å². The second-order valence-electron chi connectivity index (χ2n) is 5.37. The van der Waals surface area contributed by atoms with E-state index in [2.05, 4.69) is 35.1 Å². The predicted molar refractivity (Wildman–Crippen MR) is 89.9 cm³/mol. The third-order valence-corrected chi connectivity index (χ3v) is 3.56. The van der Waals surface area contributed by atoms with Crippen molar-refractivity contribution >= 4 is 21.6 Å². The van der Waals surface area contributed by atoms with Crippen LogP contribution in [0, 0.1) is 5.92 Å². The molecule has 2 aromatic carbocycles. The van der Waals surface area contributed by atoms with Crippen LogP contribution in [-0.2, 0) is 6.54 Å². The fourth-order valence-electron chi connectivity index (χ4n) is 1.82. The summed E-state index contributed by atoms with van der Waals surface area (Å²) in [4.78, 5) is 0. The molecule has 2 rings (SSSR count). The van der Waals surface area contributed by atoms with Crippen molar-refractivity contribution in [2.75, 3.05) is 11.9 Å². The van der Waals surface area contributed by atoms with Crippen LogP contribution in [0.2, 0.25) is 0 Å². The van der Waals surface area contributed by atoms with Gasteiger partial charge in [-0.3, -0.25) is 0 Å². The quantitative estimate of drug-likeness (QED) is 0.786. The van der Waals surface area contributed by atoms with Crippen LogP contribution in [0.1, 0.15) is 19.4 Å². The van der Waals surface area contributed by atoms with Crippen LogP contribution in [0.5, 0.6) is 11.5 Å². The molecule has 0 aliphatic heterocycles. The van der Waals surface area contributed by atoms with Gasteiger partial charge < -0.3 is 15.2 Å². The highest BCUT2D eigenvalue weighted by molar-refractivity contribution is 9.10. The SMILES string of the molecule is CC(C)COc1cccc(NCc2ccc(O)c(Br)c2)c1. The number of aromatic hydroxyl groups is 1. The topological polar surface area (TPSA) is 41.5 Å². The van der Waals surface area contributed by atoms with E-state index in [0.29, 0.717) is 23.5 Å². The van der Waals surface area contributed by atoms with E-state index in [-0.39, 0.29) is 5.75 Å². The minimum atomic E-state index is 0.253. The maximum atomic E-state index is 9.49. The van der Waals surface area contributed by atoms with E-state index in [1.54, 1.807) is 6.07 Å². The number of hydrogen-bond acceptors (Lipinski definition) is 3. The Kier molecular flexibility index (Phi) is 5.51. The van der Waals surface area contributed by atoms with Gasteiger partial charge in [-0.25, -0.2) is 0 Å². The molecule has 21 heavy (non-hydrogen) atoms. The van der Waals surface area contributed by atoms with Gasteiger partial charge in [0.05, 0.1) is 11.1 Å². The molecule has 0 saturated heterocycles. The van der Waals surface area contributed by atoms with Crippen molar-refractivity contribution in [2.45, 2.75) is 20.4 Å². The third kappa shape index (κ3) is 4.97. The number of halogens is 1. The summed E-state index contributed by atoms with van der Waals surface area (Å²) < 4.78 is 6.42. The fourth-order valence-corrected chi connectivity index (χ4v) is 2.25. The first kappa shape index (κ1) is 15.7. The smallest absolute Gasteiger partial charge is 0.129 e. The zero-order chi connectivity index (χ0) is 15.2. The van der Waals surface area contributed by atoms with E-state index in [9.17, 15) is 5.11 Å². The molecular formula is C17H20BrNO2. The van der Waals surface area contributed by atoms with Crippen molar-refractivity contribution in [2.24, 2.45) is 5.92 Å². The molecular weight excluding hydrogens is 330 g/mol. The molecule has 0 aromatic heterocycles. The Hall–Kier alpha value is -1.68. The van der Waals surface area contributed by atoms with Crippen LogP contribution in [0.15, 0.2) is 46.9 Å². The van der Waals surface area contributed by atoms with Crippen LogP contribution in [0.25, 0.3) is 0 Å². The Morgan fingerprint density at radius 3 is 2.71 bits per heavy atom. The van der Waals surface area contributed by atoms with Gasteiger partial charge in [0.2, 0.25) is 0 Å². The Bertz CT molecular complexity index is 599. The molecule has 2 N–H and O–H groups in total. The first-order valence-corrected chi connectivity index (χ1v) is 7.78. The number of nitrogens with one attached hydrogen (secondary N) is 1. The van der Waals surface area contributed by atoms with Gasteiger partial charge in [0.15, 0.2) is 0 Å². The predicted octanol–water partition coefficient (Wildman–Crippen LogP) is 4.80. The second kappa shape index (κ2) is 7.36. The molecule has 0 fully saturated rings. The monoisotopic (exact) mass is 349 g/mol. The molecule has 0 aliphatic carbocycles. The maximum absolute atomic E-state index is 9.49. The Morgan fingerprint density at radius 1 is 1.19 bits per heavy atom. The van der Waals surface area contributed by atoms with E-state index in [0.717, 1.165) is 17.0 Å². The lowest BCUT2D eigenvalue weighted by Crippen LogP contribution is -2.05. The Morgan fingerprint density at radius 2 is 2.00 bits per heavy atom. The van der Waals surface area contributed by atoms with Crippen LogP contribution in [-0.4, -0.2) is 11.7 Å². The maximum Gasteiger partial charge on any atom is 0.129 e. The van der Waals surface area contributed by atoms with Gasteiger partial charge in [-0.1, -0.05) is 26.0 Å². The molecule has 0 amide bonds. The van der Waals surface area contributed by atoms with E-state index in [1.807, 2.05) is 36.4 Å². The highest BCUT2D eigenvalue weighted by Gasteiger charge is 2.01. The number of benzene rings is 2.